The Morgan fingerprint density at radius 1 is 0.733 bits per heavy atom. The molecule has 0 aromatic rings. The molecule has 10 heteroatoms. The lowest BCUT2D eigenvalue weighted by atomic mass is 10.4. The molecule has 0 aromatic heterocycles. The fourth-order valence-corrected chi connectivity index (χ4v) is 15.9. The van der Waals surface area contributed by atoms with Gasteiger partial charge in [-0.15, -0.1) is 0 Å². The zero-order chi connectivity index (χ0) is 23.8. The quantitative estimate of drug-likeness (QED) is 0.302. The summed E-state index contributed by atoms with van der Waals surface area (Å²) in [7, 11) is -9.20. The van der Waals surface area contributed by atoms with Crippen LogP contribution in [-0.4, -0.2) is 56.7 Å². The van der Waals surface area contributed by atoms with Crippen LogP contribution in [-0.2, 0) is 28.6 Å². The van der Waals surface area contributed by atoms with Gasteiger partial charge >= 0.3 is 0 Å². The summed E-state index contributed by atoms with van der Waals surface area (Å²) < 4.78 is 54.8. The smallest absolute Gasteiger partial charge is 0.264 e. The molecule has 2 saturated carbocycles. The highest BCUT2D eigenvalue weighted by atomic mass is 32.2. The molecule has 4 unspecified atom stereocenters. The fraction of sp³-hybridized carbons (Fsp3) is 1.00. The second kappa shape index (κ2) is 9.25. The third-order valence-corrected chi connectivity index (χ3v) is 17.1. The lowest BCUT2D eigenvalue weighted by molar-refractivity contribution is 0.208. The van der Waals surface area contributed by atoms with Gasteiger partial charge in [-0.25, -0.2) is 0 Å². The molecule has 0 radical (unpaired) electrons. The van der Waals surface area contributed by atoms with E-state index in [0.717, 1.165) is 25.4 Å². The van der Waals surface area contributed by atoms with Crippen LogP contribution in [0.3, 0.4) is 0 Å². The van der Waals surface area contributed by atoms with Crippen LogP contribution >= 0.6 is 0 Å². The first-order valence-electron chi connectivity index (χ1n) is 11.0. The Balaban J connectivity index is 0.000000300. The van der Waals surface area contributed by atoms with Crippen LogP contribution in [0.1, 0.15) is 53.4 Å². The molecule has 0 aliphatic heterocycles. The summed E-state index contributed by atoms with van der Waals surface area (Å²) in [6, 6.07) is 2.50. The van der Waals surface area contributed by atoms with Gasteiger partial charge in [-0.2, -0.15) is 16.8 Å². The van der Waals surface area contributed by atoms with E-state index >= 15 is 0 Å². The molecular formula is C20H44O6S2Si2. The highest BCUT2D eigenvalue weighted by molar-refractivity contribution is 7.86. The zero-order valence-electron chi connectivity index (χ0n) is 20.7. The van der Waals surface area contributed by atoms with Gasteiger partial charge < -0.3 is 0 Å². The van der Waals surface area contributed by atoms with Crippen molar-refractivity contribution in [1.29, 1.82) is 0 Å². The minimum atomic E-state index is -3.31. The van der Waals surface area contributed by atoms with Crippen LogP contribution in [0.5, 0.6) is 0 Å². The maximum Gasteiger partial charge on any atom is 0.264 e. The van der Waals surface area contributed by atoms with Crippen molar-refractivity contribution in [3.8, 4) is 0 Å². The van der Waals surface area contributed by atoms with Crippen LogP contribution in [0, 0.1) is 0 Å². The Kier molecular flexibility index (Phi) is 8.72. The van der Waals surface area contributed by atoms with Gasteiger partial charge in [-0.1, -0.05) is 65.0 Å². The molecule has 0 spiro atoms. The number of hydrogen-bond acceptors (Lipinski definition) is 6. The summed E-state index contributed by atoms with van der Waals surface area (Å²) >= 11 is 0. The van der Waals surface area contributed by atoms with Crippen molar-refractivity contribution in [3.05, 3.63) is 0 Å². The molecule has 2 rings (SSSR count). The predicted octanol–water partition coefficient (Wildman–Crippen LogP) is 5.23. The molecule has 4 atom stereocenters. The van der Waals surface area contributed by atoms with Gasteiger partial charge in [0, 0.05) is 0 Å². The van der Waals surface area contributed by atoms with Crippen LogP contribution in [0.15, 0.2) is 0 Å². The van der Waals surface area contributed by atoms with E-state index in [4.69, 9.17) is 8.37 Å². The standard InChI is InChI=1S/2C10H22O3SSi/c2*1-6-7-15(4,5)9-8-10(9,2)13-14(3,11)12/h2*9H,6-8H2,1-5H3. The Morgan fingerprint density at radius 2 is 1.00 bits per heavy atom. The van der Waals surface area contributed by atoms with Gasteiger partial charge in [-0.05, 0) is 37.8 Å². The Bertz CT molecular complexity index is 741. The summed E-state index contributed by atoms with van der Waals surface area (Å²) in [6.45, 7) is 17.6. The molecule has 0 N–H and O–H groups in total. The highest BCUT2D eigenvalue weighted by Crippen LogP contribution is 2.60. The van der Waals surface area contributed by atoms with E-state index in [1.165, 1.54) is 24.9 Å². The van der Waals surface area contributed by atoms with Crippen molar-refractivity contribution in [3.63, 3.8) is 0 Å². The van der Waals surface area contributed by atoms with E-state index < -0.39 is 47.6 Å². The van der Waals surface area contributed by atoms with E-state index in [9.17, 15) is 16.8 Å². The zero-order valence-corrected chi connectivity index (χ0v) is 24.3. The average molecular weight is 501 g/mol. The van der Waals surface area contributed by atoms with Crippen molar-refractivity contribution in [2.24, 2.45) is 0 Å². The SMILES string of the molecule is CCC[Si](C)(C)C1CC1(C)OS(C)(=O)=O.CCC[Si](C)(C)C1CC1(C)OS(C)(=O)=O. The molecule has 0 heterocycles. The van der Waals surface area contributed by atoms with Crippen LogP contribution in [0.2, 0.25) is 49.4 Å². The van der Waals surface area contributed by atoms with Gasteiger partial charge in [0.25, 0.3) is 20.2 Å². The van der Waals surface area contributed by atoms with Crippen molar-refractivity contribution in [2.45, 2.75) is 114 Å². The Hall–Kier alpha value is 0.254. The summed E-state index contributed by atoms with van der Waals surface area (Å²) in [5, 5.41) is 0. The van der Waals surface area contributed by atoms with Crippen LogP contribution in [0.25, 0.3) is 0 Å². The maximum absolute atomic E-state index is 11.1. The van der Waals surface area contributed by atoms with Crippen molar-refractivity contribution in [1.82, 2.24) is 0 Å². The maximum atomic E-state index is 11.1. The molecule has 0 amide bonds. The Morgan fingerprint density at radius 3 is 1.20 bits per heavy atom. The largest absolute Gasteiger partial charge is 0.264 e. The average Bonchev–Trinajstić information content (AvgIpc) is 3.32. The Labute approximate surface area is 187 Å². The van der Waals surface area contributed by atoms with Crippen LogP contribution in [0.4, 0.5) is 0 Å². The molecule has 0 aromatic carbocycles. The molecule has 2 fully saturated rings. The monoisotopic (exact) mass is 500 g/mol. The van der Waals surface area contributed by atoms with E-state index in [1.54, 1.807) is 0 Å². The van der Waals surface area contributed by atoms with E-state index in [-0.39, 0.29) is 0 Å². The third-order valence-electron chi connectivity index (χ3n) is 6.73. The minimum Gasteiger partial charge on any atom is -0.264 e. The van der Waals surface area contributed by atoms with E-state index in [0.29, 0.717) is 11.1 Å². The first-order chi connectivity index (χ1) is 13.2. The lowest BCUT2D eigenvalue weighted by Crippen LogP contribution is -2.31. The van der Waals surface area contributed by atoms with E-state index in [2.05, 4.69) is 40.0 Å². The van der Waals surface area contributed by atoms with E-state index in [1.807, 2.05) is 13.8 Å². The molecule has 0 saturated heterocycles. The molecule has 0 bridgehead atoms. The van der Waals surface area contributed by atoms with Crippen LogP contribution < -0.4 is 0 Å². The van der Waals surface area contributed by atoms with Gasteiger partial charge in [0.2, 0.25) is 0 Å². The molecule has 180 valence electrons. The summed E-state index contributed by atoms with van der Waals surface area (Å²) in [5.74, 6) is 0. The minimum absolute atomic E-state index is 0.390. The van der Waals surface area contributed by atoms with Gasteiger partial charge in [0.05, 0.1) is 39.9 Å². The molecule has 2 aliphatic carbocycles. The number of hydrogen-bond donors (Lipinski definition) is 0. The third kappa shape index (κ3) is 8.31. The lowest BCUT2D eigenvalue weighted by Gasteiger charge is -2.24. The first-order valence-corrected chi connectivity index (χ1v) is 21.2. The summed E-state index contributed by atoms with van der Waals surface area (Å²) in [4.78, 5) is 0. The normalized spacial score (nSPS) is 31.7. The molecular weight excluding hydrogens is 457 g/mol. The predicted molar refractivity (Wildman–Crippen MR) is 131 cm³/mol. The fourth-order valence-electron chi connectivity index (χ4n) is 5.41. The molecule has 6 nitrogen and oxygen atoms in total. The van der Waals surface area contributed by atoms with Crippen molar-refractivity contribution >= 4 is 36.4 Å². The van der Waals surface area contributed by atoms with Crippen molar-refractivity contribution in [2.75, 3.05) is 12.5 Å². The molecule has 2 aliphatic rings. The molecule has 30 heavy (non-hydrogen) atoms. The first kappa shape index (κ1) is 28.3. The van der Waals surface area contributed by atoms with Gasteiger partial charge in [-0.3, -0.25) is 8.37 Å². The summed E-state index contributed by atoms with van der Waals surface area (Å²) in [5.41, 5.74) is 0.219. The van der Waals surface area contributed by atoms with Crippen molar-refractivity contribution < 1.29 is 25.2 Å². The topological polar surface area (TPSA) is 86.7 Å². The van der Waals surface area contributed by atoms with Gasteiger partial charge in [0.1, 0.15) is 0 Å². The number of rotatable bonds is 10. The second-order valence-electron chi connectivity index (χ2n) is 11.2. The van der Waals surface area contributed by atoms with Gasteiger partial charge in [0.15, 0.2) is 0 Å². The second-order valence-corrected chi connectivity index (χ2v) is 24.7. The highest BCUT2D eigenvalue weighted by Gasteiger charge is 2.61. The summed E-state index contributed by atoms with van der Waals surface area (Å²) in [6.07, 6.45) is 6.48.